The van der Waals surface area contributed by atoms with Gasteiger partial charge in [0.1, 0.15) is 0 Å². The van der Waals surface area contributed by atoms with Crippen LogP contribution in [-0.2, 0) is 4.74 Å². The third-order valence-corrected chi connectivity index (χ3v) is 3.80. The van der Waals surface area contributed by atoms with Gasteiger partial charge in [-0.2, -0.15) is 0 Å². The molecule has 1 heterocycles. The van der Waals surface area contributed by atoms with Crippen molar-refractivity contribution in [2.45, 2.75) is 0 Å². The number of amidine groups is 1. The topological polar surface area (TPSA) is 94.6 Å². The molecule has 0 atom stereocenters. The van der Waals surface area contributed by atoms with E-state index in [-0.39, 0.29) is 49.7 Å². The number of aliphatic hydroxyl groups is 1. The first-order valence-corrected chi connectivity index (χ1v) is 7.48. The summed E-state index contributed by atoms with van der Waals surface area (Å²) < 4.78 is 5.29. The minimum Gasteiger partial charge on any atom is -0.409 e. The van der Waals surface area contributed by atoms with Crippen molar-refractivity contribution >= 4 is 48.7 Å². The van der Waals surface area contributed by atoms with Crippen LogP contribution in [0.25, 0.3) is 0 Å². The number of rotatable bonds is 7. The monoisotopic (exact) mass is 416 g/mol. The molecule has 0 spiro atoms. The second kappa shape index (κ2) is 14.2. The maximum Gasteiger partial charge on any atom is 0.170 e. The first kappa shape index (κ1) is 26.3. The van der Waals surface area contributed by atoms with E-state index in [9.17, 15) is 0 Å². The lowest BCUT2D eigenvalue weighted by Gasteiger charge is -2.36. The number of aliphatic hydroxyl groups excluding tert-OH is 1. The van der Waals surface area contributed by atoms with Gasteiger partial charge in [0.25, 0.3) is 0 Å². The van der Waals surface area contributed by atoms with E-state index in [1.165, 1.54) is 0 Å². The van der Waals surface area contributed by atoms with Crippen LogP contribution >= 0.6 is 37.2 Å². The van der Waals surface area contributed by atoms with Gasteiger partial charge in [0.15, 0.2) is 5.84 Å². The third kappa shape index (κ3) is 8.31. The van der Waals surface area contributed by atoms with Gasteiger partial charge in [0.05, 0.1) is 19.8 Å². The molecule has 0 radical (unpaired) electrons. The van der Waals surface area contributed by atoms with Crippen molar-refractivity contribution in [3.63, 3.8) is 0 Å². The first-order valence-electron chi connectivity index (χ1n) is 7.48. The Labute approximate surface area is 167 Å². The molecule has 25 heavy (non-hydrogen) atoms. The number of halogens is 3. The Morgan fingerprint density at radius 2 is 1.64 bits per heavy atom. The molecule has 1 fully saturated rings. The average molecular weight is 418 g/mol. The van der Waals surface area contributed by atoms with Crippen LogP contribution < -0.4 is 10.6 Å². The van der Waals surface area contributed by atoms with E-state index < -0.39 is 0 Å². The predicted molar refractivity (Wildman–Crippen MR) is 107 cm³/mol. The molecule has 0 saturated carbocycles. The number of anilines is 1. The molecule has 1 aliphatic heterocycles. The van der Waals surface area contributed by atoms with Crippen LogP contribution in [-0.4, -0.2) is 73.6 Å². The summed E-state index contributed by atoms with van der Waals surface area (Å²) in [5.74, 6) is 0.124. The molecular formula is C15H27Cl3N4O3. The van der Waals surface area contributed by atoms with Crippen LogP contribution in [0.15, 0.2) is 29.4 Å². The van der Waals surface area contributed by atoms with E-state index in [1.54, 1.807) is 0 Å². The molecule has 0 bridgehead atoms. The summed E-state index contributed by atoms with van der Waals surface area (Å²) in [5.41, 5.74) is 7.42. The fourth-order valence-electron chi connectivity index (χ4n) is 2.49. The van der Waals surface area contributed by atoms with Crippen molar-refractivity contribution in [2.24, 2.45) is 10.9 Å². The fraction of sp³-hybridized carbons (Fsp3) is 0.533. The average Bonchev–Trinajstić information content (AvgIpc) is 2.59. The molecule has 1 aromatic carbocycles. The van der Waals surface area contributed by atoms with Crippen molar-refractivity contribution in [1.82, 2.24) is 4.90 Å². The number of nitrogens with two attached hydrogens (primary N) is 1. The summed E-state index contributed by atoms with van der Waals surface area (Å²) >= 11 is 0. The number of hydrogen-bond acceptors (Lipinski definition) is 6. The second-order valence-electron chi connectivity index (χ2n) is 5.20. The van der Waals surface area contributed by atoms with E-state index >= 15 is 0 Å². The number of nitrogens with zero attached hydrogens (tertiary/aromatic N) is 3. The molecule has 4 N–H and O–H groups in total. The lowest BCUT2D eigenvalue weighted by Crippen LogP contribution is -2.47. The van der Waals surface area contributed by atoms with Gasteiger partial charge in [-0.05, 0) is 24.3 Å². The summed E-state index contributed by atoms with van der Waals surface area (Å²) in [6.07, 6.45) is 0. The lowest BCUT2D eigenvalue weighted by atomic mass is 10.1. The smallest absolute Gasteiger partial charge is 0.170 e. The van der Waals surface area contributed by atoms with Gasteiger partial charge in [0.2, 0.25) is 0 Å². The molecule has 1 aromatic rings. The van der Waals surface area contributed by atoms with Gasteiger partial charge in [-0.15, -0.1) is 37.2 Å². The second-order valence-corrected chi connectivity index (χ2v) is 5.20. The fourth-order valence-corrected chi connectivity index (χ4v) is 2.49. The molecular weight excluding hydrogens is 391 g/mol. The summed E-state index contributed by atoms with van der Waals surface area (Å²) in [5, 5.41) is 20.3. The van der Waals surface area contributed by atoms with Gasteiger partial charge in [-0.3, -0.25) is 4.90 Å². The first-order chi connectivity index (χ1) is 10.7. The molecule has 1 aliphatic rings. The van der Waals surface area contributed by atoms with Gasteiger partial charge < -0.3 is 25.7 Å². The van der Waals surface area contributed by atoms with Gasteiger partial charge in [-0.25, -0.2) is 0 Å². The molecule has 2 rings (SSSR count). The van der Waals surface area contributed by atoms with Crippen LogP contribution in [0.2, 0.25) is 0 Å². The van der Waals surface area contributed by atoms with E-state index in [4.69, 9.17) is 20.8 Å². The van der Waals surface area contributed by atoms with Gasteiger partial charge >= 0.3 is 0 Å². The molecule has 1 saturated heterocycles. The van der Waals surface area contributed by atoms with E-state index in [2.05, 4.69) is 15.0 Å². The van der Waals surface area contributed by atoms with Crippen molar-refractivity contribution in [1.29, 1.82) is 0 Å². The summed E-state index contributed by atoms with van der Waals surface area (Å²) in [7, 11) is 0. The predicted octanol–water partition coefficient (Wildman–Crippen LogP) is 1.18. The number of ether oxygens (including phenoxy) is 1. The van der Waals surface area contributed by atoms with Crippen molar-refractivity contribution in [2.75, 3.05) is 57.4 Å². The Hall–Kier alpha value is -0.960. The van der Waals surface area contributed by atoms with Crippen LogP contribution in [0.4, 0.5) is 5.69 Å². The minimum atomic E-state index is 0. The number of piperazine rings is 1. The van der Waals surface area contributed by atoms with Crippen LogP contribution in [0.1, 0.15) is 5.56 Å². The van der Waals surface area contributed by atoms with Gasteiger partial charge in [0, 0.05) is 44.0 Å². The Morgan fingerprint density at radius 3 is 2.16 bits per heavy atom. The highest BCUT2D eigenvalue weighted by Crippen LogP contribution is 2.17. The maximum absolute atomic E-state index is 8.66. The largest absolute Gasteiger partial charge is 0.409 e. The van der Waals surface area contributed by atoms with E-state index in [0.29, 0.717) is 18.8 Å². The Bertz CT molecular complexity index is 483. The van der Waals surface area contributed by atoms with Crippen LogP contribution in [0.3, 0.4) is 0 Å². The maximum atomic E-state index is 8.66. The zero-order valence-corrected chi connectivity index (χ0v) is 16.4. The zero-order valence-electron chi connectivity index (χ0n) is 13.9. The Morgan fingerprint density at radius 1 is 1.04 bits per heavy atom. The van der Waals surface area contributed by atoms with E-state index in [1.807, 2.05) is 24.3 Å². The highest BCUT2D eigenvalue weighted by atomic mass is 35.5. The summed E-state index contributed by atoms with van der Waals surface area (Å²) in [6.45, 7) is 5.95. The Kier molecular flexibility index (Phi) is 15.0. The zero-order chi connectivity index (χ0) is 15.8. The molecule has 7 nitrogen and oxygen atoms in total. The van der Waals surface area contributed by atoms with Crippen LogP contribution in [0.5, 0.6) is 0 Å². The third-order valence-electron chi connectivity index (χ3n) is 3.80. The molecule has 10 heteroatoms. The van der Waals surface area contributed by atoms with Crippen molar-refractivity contribution < 1.29 is 15.1 Å². The molecule has 146 valence electrons. The quantitative estimate of drug-likeness (QED) is 0.203. The summed E-state index contributed by atoms with van der Waals surface area (Å²) in [4.78, 5) is 4.68. The van der Waals surface area contributed by atoms with Crippen molar-refractivity contribution in [3.05, 3.63) is 29.8 Å². The Balaban J connectivity index is 0. The molecule has 0 unspecified atom stereocenters. The highest BCUT2D eigenvalue weighted by Gasteiger charge is 2.16. The highest BCUT2D eigenvalue weighted by molar-refractivity contribution is 5.97. The normalized spacial score (nSPS) is 14.9. The molecule has 0 aromatic heterocycles. The standard InChI is InChI=1S/C15H24N4O3.3ClH/c16-15(17-21)13-1-3-14(4-2-13)19-7-5-18(6-8-19)9-11-22-12-10-20;;;/h1-4,20-21H,5-12H2,(H2,16,17);3*1H. The van der Waals surface area contributed by atoms with Gasteiger partial charge in [-0.1, -0.05) is 5.16 Å². The van der Waals surface area contributed by atoms with E-state index in [0.717, 1.165) is 38.4 Å². The lowest BCUT2D eigenvalue weighted by molar-refractivity contribution is 0.0724. The number of hydrogen-bond donors (Lipinski definition) is 3. The van der Waals surface area contributed by atoms with Crippen LogP contribution in [0, 0.1) is 0 Å². The molecule has 0 amide bonds. The van der Waals surface area contributed by atoms with Crippen molar-refractivity contribution in [3.8, 4) is 0 Å². The minimum absolute atomic E-state index is 0. The number of oxime groups is 1. The molecule has 0 aliphatic carbocycles. The SMILES string of the molecule is Cl.Cl.Cl.NC(=NO)c1ccc(N2CCN(CCOCCO)CC2)cc1. The summed E-state index contributed by atoms with van der Waals surface area (Å²) in [6, 6.07) is 7.71. The number of benzene rings is 1.